The molecular formula is C11H20N2OS2. The van der Waals surface area contributed by atoms with Crippen LogP contribution in [0.15, 0.2) is 0 Å². The van der Waals surface area contributed by atoms with Crippen molar-refractivity contribution in [3.63, 3.8) is 0 Å². The quantitative estimate of drug-likeness (QED) is 0.831. The van der Waals surface area contributed by atoms with Gasteiger partial charge in [0, 0.05) is 29.1 Å². The van der Waals surface area contributed by atoms with E-state index in [9.17, 15) is 4.79 Å². The van der Waals surface area contributed by atoms with Gasteiger partial charge in [0.05, 0.1) is 12.2 Å². The molecule has 0 aromatic heterocycles. The molecule has 1 amide bonds. The van der Waals surface area contributed by atoms with E-state index in [2.05, 4.69) is 12.2 Å². The van der Waals surface area contributed by atoms with Gasteiger partial charge in [0.1, 0.15) is 0 Å². The molecule has 0 saturated carbocycles. The first-order valence-corrected chi connectivity index (χ1v) is 8.18. The standard InChI is InChI=1S/C11H20N2OS2/c1-3-10-12-8(2)11(14)13(10)6-9-7-15-4-5-16-9/h8-10,12H,3-7H2,1-2H3. The fourth-order valence-corrected chi connectivity index (χ4v) is 4.93. The number of hydrogen-bond acceptors (Lipinski definition) is 4. The molecule has 0 aliphatic carbocycles. The van der Waals surface area contributed by atoms with Crippen molar-refractivity contribution in [3.05, 3.63) is 0 Å². The van der Waals surface area contributed by atoms with Gasteiger partial charge in [-0.25, -0.2) is 0 Å². The first kappa shape index (κ1) is 12.6. The van der Waals surface area contributed by atoms with Crippen LogP contribution in [0.4, 0.5) is 0 Å². The van der Waals surface area contributed by atoms with Crippen LogP contribution in [0.2, 0.25) is 0 Å². The van der Waals surface area contributed by atoms with Crippen molar-refractivity contribution in [1.29, 1.82) is 0 Å². The molecule has 2 aliphatic heterocycles. The summed E-state index contributed by atoms with van der Waals surface area (Å²) in [5.41, 5.74) is 0. The van der Waals surface area contributed by atoms with E-state index >= 15 is 0 Å². The van der Waals surface area contributed by atoms with Crippen molar-refractivity contribution in [3.8, 4) is 0 Å². The van der Waals surface area contributed by atoms with E-state index in [1.807, 2.05) is 35.3 Å². The highest BCUT2D eigenvalue weighted by Gasteiger charge is 2.36. The number of amides is 1. The van der Waals surface area contributed by atoms with Gasteiger partial charge < -0.3 is 4.90 Å². The molecule has 0 bridgehead atoms. The minimum atomic E-state index is 0.00573. The summed E-state index contributed by atoms with van der Waals surface area (Å²) in [6, 6.07) is 0.00573. The van der Waals surface area contributed by atoms with Crippen LogP contribution in [0.3, 0.4) is 0 Å². The van der Waals surface area contributed by atoms with Crippen molar-refractivity contribution in [2.45, 2.75) is 37.7 Å². The van der Waals surface area contributed by atoms with Gasteiger partial charge in [-0.3, -0.25) is 10.1 Å². The molecule has 3 unspecified atom stereocenters. The van der Waals surface area contributed by atoms with Crippen LogP contribution in [0.5, 0.6) is 0 Å². The number of thioether (sulfide) groups is 2. The highest BCUT2D eigenvalue weighted by atomic mass is 32.2. The molecule has 2 heterocycles. The summed E-state index contributed by atoms with van der Waals surface area (Å²) in [5, 5.41) is 3.98. The smallest absolute Gasteiger partial charge is 0.240 e. The van der Waals surface area contributed by atoms with E-state index in [4.69, 9.17) is 0 Å². The molecule has 0 radical (unpaired) electrons. The molecule has 2 fully saturated rings. The predicted octanol–water partition coefficient (Wildman–Crippen LogP) is 1.39. The lowest BCUT2D eigenvalue weighted by Gasteiger charge is -2.29. The molecule has 0 spiro atoms. The topological polar surface area (TPSA) is 32.3 Å². The highest BCUT2D eigenvalue weighted by Crippen LogP contribution is 2.26. The fourth-order valence-electron chi connectivity index (χ4n) is 2.27. The molecule has 0 aromatic carbocycles. The molecule has 16 heavy (non-hydrogen) atoms. The minimum Gasteiger partial charge on any atom is -0.325 e. The maximum atomic E-state index is 12.0. The van der Waals surface area contributed by atoms with Crippen LogP contribution in [0.25, 0.3) is 0 Å². The third-order valence-corrected chi connectivity index (χ3v) is 5.97. The number of nitrogens with zero attached hydrogens (tertiary/aromatic N) is 1. The van der Waals surface area contributed by atoms with E-state index in [0.29, 0.717) is 5.25 Å². The van der Waals surface area contributed by atoms with Gasteiger partial charge >= 0.3 is 0 Å². The average molecular weight is 260 g/mol. The van der Waals surface area contributed by atoms with Gasteiger partial charge in [-0.05, 0) is 13.3 Å². The molecule has 0 aromatic rings. The van der Waals surface area contributed by atoms with Crippen LogP contribution >= 0.6 is 23.5 Å². The maximum absolute atomic E-state index is 12.0. The third kappa shape index (κ3) is 2.68. The van der Waals surface area contributed by atoms with Crippen molar-refractivity contribution < 1.29 is 4.79 Å². The first-order valence-electron chi connectivity index (χ1n) is 5.98. The summed E-state index contributed by atoms with van der Waals surface area (Å²) in [5.74, 6) is 3.97. The van der Waals surface area contributed by atoms with Crippen LogP contribution in [-0.4, -0.2) is 52.1 Å². The third-order valence-electron chi connectivity index (χ3n) is 3.14. The van der Waals surface area contributed by atoms with E-state index in [-0.39, 0.29) is 18.1 Å². The first-order chi connectivity index (χ1) is 7.72. The van der Waals surface area contributed by atoms with Gasteiger partial charge in [-0.2, -0.15) is 23.5 Å². The second kappa shape index (κ2) is 5.65. The molecule has 3 atom stereocenters. The van der Waals surface area contributed by atoms with Crippen molar-refractivity contribution in [2.75, 3.05) is 23.8 Å². The molecule has 2 saturated heterocycles. The minimum absolute atomic E-state index is 0.00573. The second-order valence-corrected chi connectivity index (χ2v) is 6.93. The molecular weight excluding hydrogens is 240 g/mol. The Labute approximate surface area is 106 Å². The molecule has 2 aliphatic rings. The lowest BCUT2D eigenvalue weighted by Crippen LogP contribution is -2.42. The largest absolute Gasteiger partial charge is 0.325 e. The van der Waals surface area contributed by atoms with E-state index < -0.39 is 0 Å². The van der Waals surface area contributed by atoms with E-state index in [1.54, 1.807) is 0 Å². The fraction of sp³-hybridized carbons (Fsp3) is 0.909. The highest BCUT2D eigenvalue weighted by molar-refractivity contribution is 8.06. The lowest BCUT2D eigenvalue weighted by molar-refractivity contribution is -0.129. The lowest BCUT2D eigenvalue weighted by atomic mass is 10.3. The van der Waals surface area contributed by atoms with Crippen LogP contribution in [0.1, 0.15) is 20.3 Å². The van der Waals surface area contributed by atoms with Crippen molar-refractivity contribution in [1.82, 2.24) is 10.2 Å². The number of carbonyl (C=O) groups is 1. The monoisotopic (exact) mass is 260 g/mol. The Morgan fingerprint density at radius 3 is 2.94 bits per heavy atom. The zero-order valence-electron chi connectivity index (χ0n) is 9.94. The van der Waals surface area contributed by atoms with Crippen LogP contribution in [-0.2, 0) is 4.79 Å². The average Bonchev–Trinajstić information content (AvgIpc) is 2.58. The summed E-state index contributed by atoms with van der Waals surface area (Å²) in [6.07, 6.45) is 1.26. The molecule has 2 rings (SSSR count). The molecule has 5 heteroatoms. The Kier molecular flexibility index (Phi) is 4.44. The van der Waals surface area contributed by atoms with Gasteiger partial charge in [-0.1, -0.05) is 6.92 Å². The van der Waals surface area contributed by atoms with E-state index in [1.165, 1.54) is 17.3 Å². The molecule has 92 valence electrons. The molecule has 3 nitrogen and oxygen atoms in total. The summed E-state index contributed by atoms with van der Waals surface area (Å²) < 4.78 is 0. The maximum Gasteiger partial charge on any atom is 0.240 e. The summed E-state index contributed by atoms with van der Waals surface area (Å²) >= 11 is 4.04. The number of rotatable bonds is 3. The van der Waals surface area contributed by atoms with E-state index in [0.717, 1.165) is 13.0 Å². The Morgan fingerprint density at radius 2 is 2.31 bits per heavy atom. The SMILES string of the molecule is CCC1NC(C)C(=O)N1CC1CSCCS1. The Balaban J connectivity index is 1.93. The van der Waals surface area contributed by atoms with Gasteiger partial charge in [0.2, 0.25) is 5.91 Å². The Morgan fingerprint density at radius 1 is 1.50 bits per heavy atom. The van der Waals surface area contributed by atoms with Gasteiger partial charge in [-0.15, -0.1) is 0 Å². The number of carbonyl (C=O) groups excluding carboxylic acids is 1. The van der Waals surface area contributed by atoms with Crippen molar-refractivity contribution in [2.24, 2.45) is 0 Å². The predicted molar refractivity (Wildman–Crippen MR) is 72.0 cm³/mol. The molecule has 1 N–H and O–H groups in total. The summed E-state index contributed by atoms with van der Waals surface area (Å²) in [7, 11) is 0. The zero-order chi connectivity index (χ0) is 11.5. The second-order valence-electron chi connectivity index (χ2n) is 4.37. The van der Waals surface area contributed by atoms with Crippen LogP contribution < -0.4 is 5.32 Å². The summed E-state index contributed by atoms with van der Waals surface area (Å²) in [6.45, 7) is 5.03. The van der Waals surface area contributed by atoms with Gasteiger partial charge in [0.15, 0.2) is 0 Å². The normalized spacial score (nSPS) is 35.8. The Hall–Kier alpha value is 0.130. The number of hydrogen-bond donors (Lipinski definition) is 1. The number of nitrogens with one attached hydrogen (secondary N) is 1. The zero-order valence-corrected chi connectivity index (χ0v) is 11.6. The van der Waals surface area contributed by atoms with Crippen molar-refractivity contribution >= 4 is 29.4 Å². The Bertz CT molecular complexity index is 256. The summed E-state index contributed by atoms with van der Waals surface area (Å²) in [4.78, 5) is 14.0. The van der Waals surface area contributed by atoms with Crippen LogP contribution in [0, 0.1) is 0 Å². The van der Waals surface area contributed by atoms with Gasteiger partial charge in [0.25, 0.3) is 0 Å².